The van der Waals surface area contributed by atoms with Crippen molar-refractivity contribution in [2.45, 2.75) is 13.0 Å². The Morgan fingerprint density at radius 1 is 1.12 bits per heavy atom. The number of rotatable bonds is 6. The largest absolute Gasteiger partial charge is 0.507 e. The average molecular weight is 331 g/mol. The standard InChI is InChI=1S/C17H17NO6/c1-10(24-13-5-3-4-12(9-13)23-2)16(20)18-11-6-7-15(19)14(8-11)17(21)22/h3-10,19H,1-2H3,(H,18,20)(H,21,22). The van der Waals surface area contributed by atoms with Gasteiger partial charge in [-0.1, -0.05) is 6.07 Å². The normalized spacial score (nSPS) is 11.4. The average Bonchev–Trinajstić information content (AvgIpc) is 2.56. The molecule has 1 unspecified atom stereocenters. The van der Waals surface area contributed by atoms with E-state index in [1.807, 2.05) is 0 Å². The molecule has 2 rings (SSSR count). The van der Waals surface area contributed by atoms with Crippen LogP contribution in [-0.4, -0.2) is 35.3 Å². The van der Waals surface area contributed by atoms with Crippen LogP contribution in [0, 0.1) is 0 Å². The van der Waals surface area contributed by atoms with Crippen molar-refractivity contribution < 1.29 is 29.3 Å². The van der Waals surface area contributed by atoms with Gasteiger partial charge in [0.1, 0.15) is 22.8 Å². The van der Waals surface area contributed by atoms with Gasteiger partial charge in [0.05, 0.1) is 7.11 Å². The summed E-state index contributed by atoms with van der Waals surface area (Å²) in [6, 6.07) is 10.6. The van der Waals surface area contributed by atoms with E-state index in [4.69, 9.17) is 14.6 Å². The van der Waals surface area contributed by atoms with Gasteiger partial charge in [0.15, 0.2) is 6.10 Å². The van der Waals surface area contributed by atoms with E-state index in [0.29, 0.717) is 11.5 Å². The van der Waals surface area contributed by atoms with Crippen molar-refractivity contribution in [3.8, 4) is 17.2 Å². The highest BCUT2D eigenvalue weighted by molar-refractivity contribution is 5.97. The van der Waals surface area contributed by atoms with E-state index in [-0.39, 0.29) is 17.0 Å². The third-order valence-corrected chi connectivity index (χ3v) is 3.22. The third kappa shape index (κ3) is 4.16. The molecule has 126 valence electrons. The van der Waals surface area contributed by atoms with Crippen molar-refractivity contribution in [1.29, 1.82) is 0 Å². The molecule has 7 nitrogen and oxygen atoms in total. The van der Waals surface area contributed by atoms with E-state index in [1.165, 1.54) is 25.3 Å². The Morgan fingerprint density at radius 3 is 2.50 bits per heavy atom. The Kier molecular flexibility index (Phi) is 5.26. The molecule has 1 amide bonds. The number of ether oxygens (including phenoxy) is 2. The van der Waals surface area contributed by atoms with Crippen LogP contribution >= 0.6 is 0 Å². The van der Waals surface area contributed by atoms with Crippen molar-refractivity contribution in [3.63, 3.8) is 0 Å². The summed E-state index contributed by atoms with van der Waals surface area (Å²) >= 11 is 0. The van der Waals surface area contributed by atoms with Crippen LogP contribution in [0.4, 0.5) is 5.69 Å². The summed E-state index contributed by atoms with van der Waals surface area (Å²) in [7, 11) is 1.53. The number of carbonyl (C=O) groups is 2. The fourth-order valence-electron chi connectivity index (χ4n) is 1.96. The first-order chi connectivity index (χ1) is 11.4. The molecule has 1 atom stereocenters. The number of nitrogens with one attached hydrogen (secondary N) is 1. The molecule has 2 aromatic rings. The zero-order valence-corrected chi connectivity index (χ0v) is 13.1. The number of amides is 1. The molecule has 0 aromatic heterocycles. The Morgan fingerprint density at radius 2 is 1.83 bits per heavy atom. The van der Waals surface area contributed by atoms with Crippen LogP contribution < -0.4 is 14.8 Å². The Balaban J connectivity index is 2.06. The molecule has 2 aromatic carbocycles. The molecule has 3 N–H and O–H groups in total. The van der Waals surface area contributed by atoms with E-state index in [1.54, 1.807) is 31.2 Å². The number of methoxy groups -OCH3 is 1. The van der Waals surface area contributed by atoms with Crippen LogP contribution in [-0.2, 0) is 4.79 Å². The number of benzene rings is 2. The highest BCUT2D eigenvalue weighted by Gasteiger charge is 2.17. The highest BCUT2D eigenvalue weighted by atomic mass is 16.5. The minimum Gasteiger partial charge on any atom is -0.507 e. The fourth-order valence-corrected chi connectivity index (χ4v) is 1.96. The molecule has 0 fully saturated rings. The van der Waals surface area contributed by atoms with E-state index >= 15 is 0 Å². The van der Waals surface area contributed by atoms with Crippen molar-refractivity contribution in [2.75, 3.05) is 12.4 Å². The number of hydrogen-bond donors (Lipinski definition) is 3. The number of phenols is 1. The summed E-state index contributed by atoms with van der Waals surface area (Å²) in [4.78, 5) is 23.1. The summed E-state index contributed by atoms with van der Waals surface area (Å²) < 4.78 is 10.6. The van der Waals surface area contributed by atoms with Crippen molar-refractivity contribution >= 4 is 17.6 Å². The highest BCUT2D eigenvalue weighted by Crippen LogP contribution is 2.23. The number of carbonyl (C=O) groups excluding carboxylic acids is 1. The van der Waals surface area contributed by atoms with Crippen LogP contribution in [0.1, 0.15) is 17.3 Å². The maximum atomic E-state index is 12.2. The number of aromatic carboxylic acids is 1. The molecule has 0 bridgehead atoms. The number of aromatic hydroxyl groups is 1. The zero-order valence-electron chi connectivity index (χ0n) is 13.1. The molecule has 0 spiro atoms. The summed E-state index contributed by atoms with van der Waals surface area (Å²) in [6.45, 7) is 1.56. The molecule has 0 saturated heterocycles. The lowest BCUT2D eigenvalue weighted by molar-refractivity contribution is -0.122. The minimum absolute atomic E-state index is 0.247. The summed E-state index contributed by atoms with van der Waals surface area (Å²) in [5, 5.41) is 21.0. The van der Waals surface area contributed by atoms with Gasteiger partial charge in [-0.05, 0) is 37.3 Å². The smallest absolute Gasteiger partial charge is 0.339 e. The maximum absolute atomic E-state index is 12.2. The Labute approximate surface area is 138 Å². The fraction of sp³-hybridized carbons (Fsp3) is 0.176. The molecular weight excluding hydrogens is 314 g/mol. The molecule has 0 heterocycles. The lowest BCUT2D eigenvalue weighted by Crippen LogP contribution is -2.30. The first kappa shape index (κ1) is 17.1. The number of carboxylic acid groups (broad SMARTS) is 1. The van der Waals surface area contributed by atoms with Gasteiger partial charge in [0.25, 0.3) is 5.91 Å². The molecule has 0 aliphatic rings. The summed E-state index contributed by atoms with van der Waals surface area (Å²) in [6.07, 6.45) is -0.820. The predicted molar refractivity (Wildman–Crippen MR) is 86.8 cm³/mol. The van der Waals surface area contributed by atoms with Gasteiger partial charge in [-0.15, -0.1) is 0 Å². The molecule has 7 heteroatoms. The van der Waals surface area contributed by atoms with Crippen molar-refractivity contribution in [3.05, 3.63) is 48.0 Å². The number of carboxylic acids is 1. The van der Waals surface area contributed by atoms with E-state index < -0.39 is 18.0 Å². The van der Waals surface area contributed by atoms with Crippen LogP contribution in [0.2, 0.25) is 0 Å². The predicted octanol–water partition coefficient (Wildman–Crippen LogP) is 2.50. The third-order valence-electron chi connectivity index (χ3n) is 3.22. The molecule has 24 heavy (non-hydrogen) atoms. The second-order valence-corrected chi connectivity index (χ2v) is 4.97. The van der Waals surface area contributed by atoms with Gasteiger partial charge in [0.2, 0.25) is 0 Å². The number of anilines is 1. The molecule has 0 saturated carbocycles. The molecular formula is C17H17NO6. The van der Waals surface area contributed by atoms with Crippen LogP contribution in [0.25, 0.3) is 0 Å². The molecule has 0 aliphatic heterocycles. The zero-order chi connectivity index (χ0) is 17.7. The Hall–Kier alpha value is -3.22. The van der Waals surface area contributed by atoms with Gasteiger partial charge >= 0.3 is 5.97 Å². The first-order valence-corrected chi connectivity index (χ1v) is 7.08. The lowest BCUT2D eigenvalue weighted by Gasteiger charge is -2.15. The maximum Gasteiger partial charge on any atom is 0.339 e. The van der Waals surface area contributed by atoms with Crippen LogP contribution in [0.15, 0.2) is 42.5 Å². The SMILES string of the molecule is COc1cccc(OC(C)C(=O)Nc2ccc(O)c(C(=O)O)c2)c1. The van der Waals surface area contributed by atoms with Crippen LogP contribution in [0.3, 0.4) is 0 Å². The second-order valence-electron chi connectivity index (χ2n) is 4.97. The lowest BCUT2D eigenvalue weighted by atomic mass is 10.1. The minimum atomic E-state index is -1.29. The van der Waals surface area contributed by atoms with E-state index in [9.17, 15) is 14.7 Å². The van der Waals surface area contributed by atoms with E-state index in [2.05, 4.69) is 5.32 Å². The van der Waals surface area contributed by atoms with Gasteiger partial charge < -0.3 is 25.0 Å². The molecule has 0 aliphatic carbocycles. The summed E-state index contributed by atoms with van der Waals surface area (Å²) in [5.41, 5.74) is -0.0505. The van der Waals surface area contributed by atoms with Crippen molar-refractivity contribution in [2.24, 2.45) is 0 Å². The quantitative estimate of drug-likeness (QED) is 0.703. The van der Waals surface area contributed by atoms with Crippen molar-refractivity contribution in [1.82, 2.24) is 0 Å². The Bertz CT molecular complexity index is 758. The topological polar surface area (TPSA) is 105 Å². The van der Waals surface area contributed by atoms with Gasteiger partial charge in [-0.3, -0.25) is 4.79 Å². The second kappa shape index (κ2) is 7.36. The van der Waals surface area contributed by atoms with Crippen LogP contribution in [0.5, 0.6) is 17.2 Å². The monoisotopic (exact) mass is 331 g/mol. The summed E-state index contributed by atoms with van der Waals surface area (Å²) in [5.74, 6) is -1.05. The van der Waals surface area contributed by atoms with Gasteiger partial charge in [0, 0.05) is 11.8 Å². The molecule has 0 radical (unpaired) electrons. The van der Waals surface area contributed by atoms with Gasteiger partial charge in [-0.2, -0.15) is 0 Å². The van der Waals surface area contributed by atoms with E-state index in [0.717, 1.165) is 0 Å². The number of hydrogen-bond acceptors (Lipinski definition) is 5. The van der Waals surface area contributed by atoms with Gasteiger partial charge in [-0.25, -0.2) is 4.79 Å². The first-order valence-electron chi connectivity index (χ1n) is 7.08.